The fraction of sp³-hybridized carbons (Fsp3) is 0.846. The molecule has 1 aliphatic rings. The van der Waals surface area contributed by atoms with Gasteiger partial charge in [0.25, 0.3) is 0 Å². The van der Waals surface area contributed by atoms with Gasteiger partial charge in [-0.25, -0.2) is 0 Å². The van der Waals surface area contributed by atoms with Crippen LogP contribution in [0, 0.1) is 23.2 Å². The van der Waals surface area contributed by atoms with Crippen molar-refractivity contribution in [2.24, 2.45) is 11.8 Å². The zero-order valence-electron chi connectivity index (χ0n) is 10.5. The van der Waals surface area contributed by atoms with Crippen LogP contribution < -0.4 is 5.32 Å². The fourth-order valence-electron chi connectivity index (χ4n) is 2.09. The summed E-state index contributed by atoms with van der Waals surface area (Å²) < 4.78 is 0. The Hall–Kier alpha value is -1.04. The van der Waals surface area contributed by atoms with Crippen LogP contribution >= 0.6 is 0 Å². The van der Waals surface area contributed by atoms with Gasteiger partial charge in [0, 0.05) is 5.92 Å². The number of carbonyl (C=O) groups is 1. The first kappa shape index (κ1) is 13.0. The van der Waals surface area contributed by atoms with Crippen molar-refractivity contribution in [2.45, 2.75) is 58.4 Å². The van der Waals surface area contributed by atoms with Gasteiger partial charge in [-0.2, -0.15) is 5.26 Å². The van der Waals surface area contributed by atoms with E-state index >= 15 is 0 Å². The van der Waals surface area contributed by atoms with E-state index in [4.69, 9.17) is 5.26 Å². The molecule has 1 rings (SSSR count). The number of nitrogens with zero attached hydrogens (tertiary/aromatic N) is 1. The topological polar surface area (TPSA) is 52.9 Å². The minimum Gasteiger partial charge on any atom is -0.338 e. The monoisotopic (exact) mass is 222 g/mol. The van der Waals surface area contributed by atoms with Crippen LogP contribution in [0.15, 0.2) is 0 Å². The lowest BCUT2D eigenvalue weighted by Gasteiger charge is -2.29. The van der Waals surface area contributed by atoms with Crippen LogP contribution in [0.25, 0.3) is 0 Å². The van der Waals surface area contributed by atoms with Gasteiger partial charge >= 0.3 is 0 Å². The standard InChI is InChI=1S/C13H22N2O/c1-4-13(3,9-14)15-12(16)11-7-5-10(2)6-8-11/h10-11H,4-8H2,1-3H3,(H,15,16). The number of rotatable bonds is 3. The van der Waals surface area contributed by atoms with Crippen LogP contribution in [-0.2, 0) is 4.79 Å². The van der Waals surface area contributed by atoms with E-state index in [1.165, 1.54) is 0 Å². The molecule has 1 unspecified atom stereocenters. The molecule has 0 aliphatic heterocycles. The normalized spacial score (nSPS) is 28.9. The lowest BCUT2D eigenvalue weighted by atomic mass is 9.82. The van der Waals surface area contributed by atoms with Crippen LogP contribution in [0.4, 0.5) is 0 Å². The molecule has 1 saturated carbocycles. The van der Waals surface area contributed by atoms with Gasteiger partial charge in [-0.05, 0) is 44.9 Å². The summed E-state index contributed by atoms with van der Waals surface area (Å²) in [6.45, 7) is 5.95. The highest BCUT2D eigenvalue weighted by atomic mass is 16.2. The van der Waals surface area contributed by atoms with Gasteiger partial charge in [0.1, 0.15) is 5.54 Å². The van der Waals surface area contributed by atoms with Crippen molar-refractivity contribution < 1.29 is 4.79 Å². The molecule has 0 heterocycles. The molecule has 0 radical (unpaired) electrons. The molecule has 1 atom stereocenters. The van der Waals surface area contributed by atoms with Crippen LogP contribution in [-0.4, -0.2) is 11.4 Å². The van der Waals surface area contributed by atoms with Crippen molar-refractivity contribution in [3.63, 3.8) is 0 Å². The summed E-state index contributed by atoms with van der Waals surface area (Å²) in [6, 6.07) is 2.17. The number of hydrogen-bond acceptors (Lipinski definition) is 2. The number of nitriles is 1. The van der Waals surface area contributed by atoms with Crippen molar-refractivity contribution in [1.82, 2.24) is 5.32 Å². The van der Waals surface area contributed by atoms with E-state index in [9.17, 15) is 4.79 Å². The van der Waals surface area contributed by atoms with Crippen LogP contribution in [0.1, 0.15) is 52.9 Å². The predicted molar refractivity (Wildman–Crippen MR) is 63.6 cm³/mol. The molecule has 90 valence electrons. The smallest absolute Gasteiger partial charge is 0.224 e. The summed E-state index contributed by atoms with van der Waals surface area (Å²) >= 11 is 0. The maximum atomic E-state index is 12.0. The molecule has 16 heavy (non-hydrogen) atoms. The Balaban J connectivity index is 2.50. The molecule has 0 aromatic carbocycles. The van der Waals surface area contributed by atoms with Gasteiger partial charge < -0.3 is 5.32 Å². The number of amides is 1. The molecule has 1 N–H and O–H groups in total. The molecule has 0 spiro atoms. The van der Waals surface area contributed by atoms with Gasteiger partial charge in [-0.3, -0.25) is 4.79 Å². The van der Waals surface area contributed by atoms with Crippen LogP contribution in [0.5, 0.6) is 0 Å². The van der Waals surface area contributed by atoms with Crippen molar-refractivity contribution in [1.29, 1.82) is 5.26 Å². The van der Waals surface area contributed by atoms with E-state index in [0.29, 0.717) is 6.42 Å². The summed E-state index contributed by atoms with van der Waals surface area (Å²) in [7, 11) is 0. The third-order valence-electron chi connectivity index (χ3n) is 3.74. The van der Waals surface area contributed by atoms with Gasteiger partial charge in [-0.1, -0.05) is 13.8 Å². The predicted octanol–water partition coefficient (Wildman–Crippen LogP) is 2.62. The molecule has 1 fully saturated rings. The minimum atomic E-state index is -0.694. The summed E-state index contributed by atoms with van der Waals surface area (Å²) in [5.74, 6) is 0.936. The summed E-state index contributed by atoms with van der Waals surface area (Å²) in [6.07, 6.45) is 4.86. The summed E-state index contributed by atoms with van der Waals surface area (Å²) in [5, 5.41) is 11.9. The molecule has 1 amide bonds. The van der Waals surface area contributed by atoms with Crippen molar-refractivity contribution in [3.8, 4) is 6.07 Å². The van der Waals surface area contributed by atoms with E-state index in [2.05, 4.69) is 18.3 Å². The Morgan fingerprint density at radius 3 is 2.44 bits per heavy atom. The van der Waals surface area contributed by atoms with Crippen molar-refractivity contribution in [2.75, 3.05) is 0 Å². The lowest BCUT2D eigenvalue weighted by Crippen LogP contribution is -2.47. The second-order valence-electron chi connectivity index (χ2n) is 5.24. The first-order chi connectivity index (χ1) is 7.50. The van der Waals surface area contributed by atoms with Crippen LogP contribution in [0.2, 0.25) is 0 Å². The number of nitrogens with one attached hydrogen (secondary N) is 1. The molecule has 3 heteroatoms. The minimum absolute atomic E-state index is 0.0674. The Bertz CT molecular complexity index is 287. The van der Waals surface area contributed by atoms with E-state index in [-0.39, 0.29) is 11.8 Å². The van der Waals surface area contributed by atoms with Gasteiger partial charge in [0.15, 0.2) is 0 Å². The second kappa shape index (κ2) is 5.34. The van der Waals surface area contributed by atoms with Gasteiger partial charge in [0.2, 0.25) is 5.91 Å². The van der Waals surface area contributed by atoms with Gasteiger partial charge in [-0.15, -0.1) is 0 Å². The van der Waals surface area contributed by atoms with Crippen molar-refractivity contribution in [3.05, 3.63) is 0 Å². The Labute approximate surface area is 98.2 Å². The zero-order valence-corrected chi connectivity index (χ0v) is 10.5. The highest BCUT2D eigenvalue weighted by Gasteiger charge is 2.30. The van der Waals surface area contributed by atoms with Crippen LogP contribution in [0.3, 0.4) is 0 Å². The Morgan fingerprint density at radius 2 is 2.00 bits per heavy atom. The van der Waals surface area contributed by atoms with E-state index in [0.717, 1.165) is 31.6 Å². The molecule has 0 aromatic rings. The number of carbonyl (C=O) groups excluding carboxylic acids is 1. The first-order valence-corrected chi connectivity index (χ1v) is 6.24. The molecule has 3 nitrogen and oxygen atoms in total. The lowest BCUT2D eigenvalue weighted by molar-refractivity contribution is -0.127. The largest absolute Gasteiger partial charge is 0.338 e. The number of hydrogen-bond donors (Lipinski definition) is 1. The third kappa shape index (κ3) is 3.23. The maximum Gasteiger partial charge on any atom is 0.224 e. The Kier molecular flexibility index (Phi) is 4.35. The quantitative estimate of drug-likeness (QED) is 0.798. The first-order valence-electron chi connectivity index (χ1n) is 6.24. The molecule has 1 aliphatic carbocycles. The molecule has 0 bridgehead atoms. The molecule has 0 saturated heterocycles. The summed E-state index contributed by atoms with van der Waals surface area (Å²) in [5.41, 5.74) is -0.694. The molecular formula is C13H22N2O. The van der Waals surface area contributed by atoms with E-state index in [1.54, 1.807) is 6.92 Å². The van der Waals surface area contributed by atoms with Crippen molar-refractivity contribution >= 4 is 5.91 Å². The van der Waals surface area contributed by atoms with Gasteiger partial charge in [0.05, 0.1) is 6.07 Å². The Morgan fingerprint density at radius 1 is 1.44 bits per heavy atom. The average Bonchev–Trinajstić information content (AvgIpc) is 2.29. The highest BCUT2D eigenvalue weighted by molar-refractivity contribution is 5.79. The second-order valence-corrected chi connectivity index (χ2v) is 5.24. The third-order valence-corrected chi connectivity index (χ3v) is 3.74. The SMILES string of the molecule is CCC(C)(C#N)NC(=O)C1CCC(C)CC1. The summed E-state index contributed by atoms with van der Waals surface area (Å²) in [4.78, 5) is 12.0. The average molecular weight is 222 g/mol. The highest BCUT2D eigenvalue weighted by Crippen LogP contribution is 2.28. The van der Waals surface area contributed by atoms with E-state index < -0.39 is 5.54 Å². The van der Waals surface area contributed by atoms with E-state index in [1.807, 2.05) is 6.92 Å². The molecule has 0 aromatic heterocycles. The molecular weight excluding hydrogens is 200 g/mol. The fourth-order valence-corrected chi connectivity index (χ4v) is 2.09. The maximum absolute atomic E-state index is 12.0. The zero-order chi connectivity index (χ0) is 12.2.